The minimum absolute atomic E-state index is 0.106. The fourth-order valence-corrected chi connectivity index (χ4v) is 3.05. The van der Waals surface area contributed by atoms with Crippen LogP contribution in [0.1, 0.15) is 23.3 Å². The van der Waals surface area contributed by atoms with Gasteiger partial charge in [-0.05, 0) is 29.8 Å². The van der Waals surface area contributed by atoms with Crippen LogP contribution in [0.2, 0.25) is 0 Å². The lowest BCUT2D eigenvalue weighted by Gasteiger charge is -2.31. The first-order valence-corrected chi connectivity index (χ1v) is 8.20. The molecule has 2 aromatic heterocycles. The molecule has 126 valence electrons. The van der Waals surface area contributed by atoms with Crippen molar-refractivity contribution in [2.24, 2.45) is 7.05 Å². The molecule has 1 unspecified atom stereocenters. The van der Waals surface area contributed by atoms with Crippen molar-refractivity contribution in [2.45, 2.75) is 19.4 Å². The van der Waals surface area contributed by atoms with E-state index in [9.17, 15) is 0 Å². The van der Waals surface area contributed by atoms with E-state index in [1.54, 1.807) is 7.05 Å². The molecule has 1 atom stereocenters. The maximum atomic E-state index is 5.78. The Morgan fingerprint density at radius 3 is 3.12 bits per heavy atom. The van der Waals surface area contributed by atoms with E-state index in [0.717, 1.165) is 42.9 Å². The van der Waals surface area contributed by atoms with E-state index in [1.807, 2.05) is 0 Å². The van der Waals surface area contributed by atoms with Crippen molar-refractivity contribution in [2.75, 3.05) is 26.2 Å². The largest absolute Gasteiger partial charge is 0.367 e. The molecular weight excluding hydrogens is 306 g/mol. The molecule has 1 aliphatic heterocycles. The van der Waals surface area contributed by atoms with Crippen molar-refractivity contribution in [1.29, 1.82) is 0 Å². The normalized spacial score (nSPS) is 19.2. The standard InChI is InChI=1S/C16H21N7O/c1-11-3-4-12-13(9-11)18-15(17-12)5-6-23-7-8-24-14(10-23)16-19-21-22(2)20-16/h3-4,9,14H,5-8,10H2,1-2H3,(H,17,18). The molecule has 0 spiro atoms. The van der Waals surface area contributed by atoms with Crippen LogP contribution in [0.4, 0.5) is 0 Å². The summed E-state index contributed by atoms with van der Waals surface area (Å²) < 4.78 is 5.78. The zero-order chi connectivity index (χ0) is 16.5. The van der Waals surface area contributed by atoms with Crippen LogP contribution in [0.25, 0.3) is 11.0 Å². The van der Waals surface area contributed by atoms with Gasteiger partial charge in [-0.1, -0.05) is 6.07 Å². The molecule has 1 aliphatic rings. The molecule has 0 aliphatic carbocycles. The van der Waals surface area contributed by atoms with Crippen LogP contribution in [-0.4, -0.2) is 61.3 Å². The van der Waals surface area contributed by atoms with Gasteiger partial charge < -0.3 is 9.72 Å². The third kappa shape index (κ3) is 3.15. The van der Waals surface area contributed by atoms with Gasteiger partial charge in [0.2, 0.25) is 5.82 Å². The monoisotopic (exact) mass is 327 g/mol. The Balaban J connectivity index is 1.39. The van der Waals surface area contributed by atoms with Crippen molar-refractivity contribution in [1.82, 2.24) is 35.1 Å². The average Bonchev–Trinajstić information content (AvgIpc) is 3.18. The van der Waals surface area contributed by atoms with Crippen molar-refractivity contribution >= 4 is 11.0 Å². The predicted octanol–water partition coefficient (Wildman–Crippen LogP) is 1.01. The lowest BCUT2D eigenvalue weighted by atomic mass is 10.2. The number of hydrogen-bond donors (Lipinski definition) is 1. The highest BCUT2D eigenvalue weighted by atomic mass is 16.5. The van der Waals surface area contributed by atoms with Gasteiger partial charge in [0.15, 0.2) is 0 Å². The molecule has 1 N–H and O–H groups in total. The molecule has 24 heavy (non-hydrogen) atoms. The van der Waals surface area contributed by atoms with Gasteiger partial charge in [-0.15, -0.1) is 10.2 Å². The van der Waals surface area contributed by atoms with E-state index in [0.29, 0.717) is 12.4 Å². The number of morpholine rings is 1. The smallest absolute Gasteiger partial charge is 0.204 e. The zero-order valence-corrected chi connectivity index (χ0v) is 13.9. The SMILES string of the molecule is Cc1ccc2nc(CCN3CCOC(c4nnn(C)n4)C3)[nH]c2c1. The van der Waals surface area contributed by atoms with Crippen molar-refractivity contribution in [3.8, 4) is 0 Å². The maximum Gasteiger partial charge on any atom is 0.204 e. The van der Waals surface area contributed by atoms with Crippen LogP contribution in [0.15, 0.2) is 18.2 Å². The number of imidazole rings is 1. The summed E-state index contributed by atoms with van der Waals surface area (Å²) in [7, 11) is 1.76. The molecule has 4 rings (SSSR count). The van der Waals surface area contributed by atoms with Gasteiger partial charge in [0.1, 0.15) is 11.9 Å². The number of rotatable bonds is 4. The van der Waals surface area contributed by atoms with Gasteiger partial charge in [-0.2, -0.15) is 4.80 Å². The predicted molar refractivity (Wildman–Crippen MR) is 88.5 cm³/mol. The highest BCUT2D eigenvalue weighted by molar-refractivity contribution is 5.75. The van der Waals surface area contributed by atoms with Crippen LogP contribution < -0.4 is 0 Å². The second-order valence-electron chi connectivity index (χ2n) is 6.25. The Kier molecular flexibility index (Phi) is 3.99. The molecule has 1 fully saturated rings. The van der Waals surface area contributed by atoms with Crippen molar-refractivity contribution in [3.63, 3.8) is 0 Å². The average molecular weight is 327 g/mol. The Morgan fingerprint density at radius 2 is 2.29 bits per heavy atom. The number of aryl methyl sites for hydroxylation is 2. The van der Waals surface area contributed by atoms with E-state index in [-0.39, 0.29) is 6.10 Å². The lowest BCUT2D eigenvalue weighted by molar-refractivity contribution is -0.0341. The summed E-state index contributed by atoms with van der Waals surface area (Å²) in [5.41, 5.74) is 3.37. The highest BCUT2D eigenvalue weighted by Crippen LogP contribution is 2.19. The summed E-state index contributed by atoms with van der Waals surface area (Å²) in [5, 5.41) is 12.2. The number of aromatic amines is 1. The first-order chi connectivity index (χ1) is 11.7. The fourth-order valence-electron chi connectivity index (χ4n) is 3.05. The van der Waals surface area contributed by atoms with E-state index in [4.69, 9.17) is 4.74 Å². The second-order valence-corrected chi connectivity index (χ2v) is 6.25. The second kappa shape index (κ2) is 6.29. The van der Waals surface area contributed by atoms with Crippen LogP contribution in [0, 0.1) is 6.92 Å². The van der Waals surface area contributed by atoms with Gasteiger partial charge in [-0.25, -0.2) is 4.98 Å². The molecule has 8 nitrogen and oxygen atoms in total. The summed E-state index contributed by atoms with van der Waals surface area (Å²) in [6, 6.07) is 6.29. The number of nitrogens with one attached hydrogen (secondary N) is 1. The zero-order valence-electron chi connectivity index (χ0n) is 13.9. The number of hydrogen-bond acceptors (Lipinski definition) is 6. The van der Waals surface area contributed by atoms with Crippen molar-refractivity contribution in [3.05, 3.63) is 35.4 Å². The van der Waals surface area contributed by atoms with Crippen LogP contribution in [0.3, 0.4) is 0 Å². The van der Waals surface area contributed by atoms with Gasteiger partial charge in [0.05, 0.1) is 24.7 Å². The van der Waals surface area contributed by atoms with Gasteiger partial charge >= 0.3 is 0 Å². The number of ether oxygens (including phenoxy) is 1. The summed E-state index contributed by atoms with van der Waals surface area (Å²) >= 11 is 0. The number of nitrogens with zero attached hydrogens (tertiary/aromatic N) is 6. The van der Waals surface area contributed by atoms with E-state index in [2.05, 4.69) is 55.4 Å². The minimum Gasteiger partial charge on any atom is -0.367 e. The molecule has 0 bridgehead atoms. The molecule has 8 heteroatoms. The third-order valence-electron chi connectivity index (χ3n) is 4.31. The van der Waals surface area contributed by atoms with Gasteiger partial charge in [0.25, 0.3) is 0 Å². The van der Waals surface area contributed by atoms with Crippen molar-refractivity contribution < 1.29 is 4.74 Å². The number of aromatic nitrogens is 6. The Hall–Kier alpha value is -2.32. The molecule has 3 heterocycles. The molecular formula is C16H21N7O. The van der Waals surface area contributed by atoms with Crippen LogP contribution in [0.5, 0.6) is 0 Å². The summed E-state index contributed by atoms with van der Waals surface area (Å²) in [6.07, 6.45) is 0.778. The molecule has 0 radical (unpaired) electrons. The first kappa shape index (κ1) is 15.2. The topological polar surface area (TPSA) is 84.8 Å². The van der Waals surface area contributed by atoms with E-state index >= 15 is 0 Å². The number of benzene rings is 1. The first-order valence-electron chi connectivity index (χ1n) is 8.20. The Morgan fingerprint density at radius 1 is 1.38 bits per heavy atom. The molecule has 1 aromatic carbocycles. The Labute approximate surface area is 139 Å². The van der Waals surface area contributed by atoms with Gasteiger partial charge in [-0.3, -0.25) is 4.90 Å². The van der Waals surface area contributed by atoms with Gasteiger partial charge in [0, 0.05) is 26.1 Å². The minimum atomic E-state index is -0.106. The summed E-state index contributed by atoms with van der Waals surface area (Å²) in [5.74, 6) is 1.68. The Bertz CT molecular complexity index is 840. The highest BCUT2D eigenvalue weighted by Gasteiger charge is 2.25. The van der Waals surface area contributed by atoms with E-state index in [1.165, 1.54) is 10.4 Å². The van der Waals surface area contributed by atoms with Crippen LogP contribution in [-0.2, 0) is 18.2 Å². The van der Waals surface area contributed by atoms with E-state index < -0.39 is 0 Å². The molecule has 0 amide bonds. The maximum absolute atomic E-state index is 5.78. The molecule has 0 saturated carbocycles. The quantitative estimate of drug-likeness (QED) is 0.770. The van der Waals surface area contributed by atoms with Crippen LogP contribution >= 0.6 is 0 Å². The third-order valence-corrected chi connectivity index (χ3v) is 4.31. The number of fused-ring (bicyclic) bond motifs is 1. The fraction of sp³-hybridized carbons (Fsp3) is 0.500. The summed E-state index contributed by atoms with van der Waals surface area (Å²) in [6.45, 7) is 5.40. The number of H-pyrrole nitrogens is 1. The lowest BCUT2D eigenvalue weighted by Crippen LogP contribution is -2.39. The number of tetrazole rings is 1. The molecule has 3 aromatic rings. The molecule has 1 saturated heterocycles. The summed E-state index contributed by atoms with van der Waals surface area (Å²) in [4.78, 5) is 11.9.